The van der Waals surface area contributed by atoms with Crippen LogP contribution in [0.3, 0.4) is 0 Å². The molecule has 6 heteroatoms. The number of hydrogen-bond acceptors (Lipinski definition) is 4. The van der Waals surface area contributed by atoms with Gasteiger partial charge in [-0.2, -0.15) is 0 Å². The lowest BCUT2D eigenvalue weighted by Gasteiger charge is -2.07. The number of rotatable bonds is 1. The molecule has 0 aliphatic heterocycles. The first-order valence-electron chi connectivity index (χ1n) is 10.0. The quantitative estimate of drug-likeness (QED) is 0.156. The standard InChI is InChI=1S/C15H13N3.C15H4.HN3.4H2/c1-10-15(11-5-3-2-4-6-11)18-13-8-7-12(16)9-14(13)17-10;1-3-5-7-9-11-13-15-14-12-10-8-6-4-2;1-3-2;;;;/h2-9H,16H2,1H3;1H,2H3;1H;4*1H. The van der Waals surface area contributed by atoms with Crippen molar-refractivity contribution in [3.05, 3.63) is 64.7 Å². The molecule has 1 heterocycles. The van der Waals surface area contributed by atoms with E-state index in [4.69, 9.17) is 23.2 Å². The molecule has 0 aliphatic carbocycles. The highest BCUT2D eigenvalue weighted by Gasteiger charge is 2.07. The number of aromatic nitrogens is 2. The first-order valence-corrected chi connectivity index (χ1v) is 10.0. The summed E-state index contributed by atoms with van der Waals surface area (Å²) >= 11 is 0. The molecular weight excluding hydrogens is 444 g/mol. The molecule has 0 unspecified atom stereocenters. The number of nitrogen functional groups attached to an aromatic ring is 1. The van der Waals surface area contributed by atoms with Crippen LogP contribution in [0.25, 0.3) is 32.7 Å². The molecule has 0 aliphatic rings. The van der Waals surface area contributed by atoms with Gasteiger partial charge in [0, 0.05) is 17.0 Å². The van der Waals surface area contributed by atoms with Crippen LogP contribution in [0.2, 0.25) is 0 Å². The minimum atomic E-state index is 0. The lowest BCUT2D eigenvalue weighted by Crippen LogP contribution is -1.95. The number of nitrogens with two attached hydrogens (primary N) is 1. The zero-order valence-corrected chi connectivity index (χ0v) is 19.6. The van der Waals surface area contributed by atoms with Crippen molar-refractivity contribution in [3.63, 3.8) is 0 Å². The second-order valence-corrected chi connectivity index (χ2v) is 6.14. The fraction of sp³-hybridized carbons (Fsp3) is 0.0667. The molecule has 0 amide bonds. The van der Waals surface area contributed by atoms with Crippen LogP contribution in [0.5, 0.6) is 0 Å². The van der Waals surface area contributed by atoms with Crippen LogP contribution in [-0.4, -0.2) is 9.97 Å². The van der Waals surface area contributed by atoms with Crippen molar-refractivity contribution in [3.8, 4) is 94.6 Å². The molecule has 1 aromatic heterocycles. The average molecular weight is 471 g/mol. The highest BCUT2D eigenvalue weighted by Crippen LogP contribution is 2.23. The van der Waals surface area contributed by atoms with Gasteiger partial charge in [0.25, 0.3) is 0 Å². The summed E-state index contributed by atoms with van der Waals surface area (Å²) in [6, 6.07) is 15.7. The number of terminal acetylenes is 1. The normalized spacial score (nSPS) is 7.14. The van der Waals surface area contributed by atoms with Crippen LogP contribution in [0.1, 0.15) is 18.3 Å². The molecule has 176 valence electrons. The first-order chi connectivity index (χ1) is 17.6. The second-order valence-electron chi connectivity index (χ2n) is 6.14. The van der Waals surface area contributed by atoms with Crippen LogP contribution in [0.4, 0.5) is 5.69 Å². The number of nitrogens with zero attached hydrogens (tertiary/aromatic N) is 4. The van der Waals surface area contributed by atoms with Gasteiger partial charge < -0.3 is 5.73 Å². The van der Waals surface area contributed by atoms with Gasteiger partial charge in [0.05, 0.1) is 22.4 Å². The van der Waals surface area contributed by atoms with Crippen LogP contribution in [0, 0.1) is 95.8 Å². The Balaban J connectivity index is -0.000000274. The molecule has 0 fully saturated rings. The Morgan fingerprint density at radius 1 is 0.833 bits per heavy atom. The van der Waals surface area contributed by atoms with E-state index in [1.54, 1.807) is 11.8 Å². The van der Waals surface area contributed by atoms with Gasteiger partial charge in [0.2, 0.25) is 0 Å². The number of benzene rings is 2. The monoisotopic (exact) mass is 470 g/mol. The van der Waals surface area contributed by atoms with E-state index in [2.05, 4.69) is 86.9 Å². The zero-order chi connectivity index (χ0) is 26.4. The Kier molecular flexibility index (Phi) is 13.4. The minimum Gasteiger partial charge on any atom is -0.399 e. The number of hydrogen-bond donors (Lipinski definition) is 2. The van der Waals surface area contributed by atoms with Crippen LogP contribution >= 0.6 is 0 Å². The van der Waals surface area contributed by atoms with Crippen LogP contribution in [0.15, 0.2) is 48.5 Å². The second kappa shape index (κ2) is 17.4. The van der Waals surface area contributed by atoms with Gasteiger partial charge in [-0.15, -0.1) is 12.0 Å². The molecule has 36 heavy (non-hydrogen) atoms. The van der Waals surface area contributed by atoms with E-state index in [-0.39, 0.29) is 5.71 Å². The van der Waals surface area contributed by atoms with Crippen molar-refractivity contribution in [2.45, 2.75) is 13.8 Å². The zero-order valence-electron chi connectivity index (χ0n) is 19.6. The number of aryl methyl sites for hydroxylation is 1. The van der Waals surface area contributed by atoms with Crippen molar-refractivity contribution in [1.29, 1.82) is 5.53 Å². The van der Waals surface area contributed by atoms with Gasteiger partial charge in [-0.25, -0.2) is 9.97 Å². The van der Waals surface area contributed by atoms with E-state index in [0.717, 1.165) is 28.0 Å². The van der Waals surface area contributed by atoms with Crippen molar-refractivity contribution < 1.29 is 5.71 Å². The predicted octanol–water partition coefficient (Wildman–Crippen LogP) is 5.71. The summed E-state index contributed by atoms with van der Waals surface area (Å²) in [5.74, 6) is 31.9. The lowest BCUT2D eigenvalue weighted by molar-refractivity contribution is 1.19. The third kappa shape index (κ3) is 10.9. The maximum atomic E-state index is 6.86. The summed E-state index contributed by atoms with van der Waals surface area (Å²) in [5, 5.41) is 0. The smallest absolute Gasteiger partial charge is 0.0922 e. The molecule has 0 bridgehead atoms. The molecule has 3 aromatic rings. The van der Waals surface area contributed by atoms with Crippen molar-refractivity contribution in [2.24, 2.45) is 0 Å². The molecule has 3 rings (SSSR count). The molecule has 0 atom stereocenters. The molecule has 0 saturated carbocycles. The Morgan fingerprint density at radius 2 is 1.36 bits per heavy atom. The number of nitrogens with one attached hydrogen (secondary N) is 1. The van der Waals surface area contributed by atoms with Gasteiger partial charge in [0.15, 0.2) is 0 Å². The van der Waals surface area contributed by atoms with Crippen molar-refractivity contribution >= 4 is 16.7 Å². The number of fused-ring (bicyclic) bond motifs is 1. The highest BCUT2D eigenvalue weighted by molar-refractivity contribution is 5.81. The fourth-order valence-corrected chi connectivity index (χ4v) is 2.41. The Hall–Kier alpha value is -6.19. The Bertz CT molecular complexity index is 1690. The SMILES string of the molecule is C#CC#CC#CC#CC#CC#CC#CC.Cc1nc2cc(N)ccc2nc1-c1ccccc1.[HH].[HH].[HH].[HH].[N-]=[N+]=N. The van der Waals surface area contributed by atoms with Gasteiger partial charge >= 0.3 is 0 Å². The fourth-order valence-electron chi connectivity index (χ4n) is 2.41. The minimum absolute atomic E-state index is 0. The average Bonchev–Trinajstić information content (AvgIpc) is 2.88. The first kappa shape index (κ1) is 27.8. The highest BCUT2D eigenvalue weighted by atomic mass is 15.0. The summed E-state index contributed by atoms with van der Waals surface area (Å²) < 4.78 is 0. The molecule has 0 saturated heterocycles. The topological polar surface area (TPSA) is 112 Å². The molecule has 6 nitrogen and oxygen atoms in total. The summed E-state index contributed by atoms with van der Waals surface area (Å²) in [4.78, 5) is 11.0. The lowest BCUT2D eigenvalue weighted by atomic mass is 10.1. The third-order valence-corrected chi connectivity index (χ3v) is 3.73. The van der Waals surface area contributed by atoms with Gasteiger partial charge in [0.1, 0.15) is 0 Å². The van der Waals surface area contributed by atoms with E-state index >= 15 is 0 Å². The molecule has 0 spiro atoms. The van der Waals surface area contributed by atoms with E-state index in [0.29, 0.717) is 5.69 Å². The largest absolute Gasteiger partial charge is 0.399 e. The van der Waals surface area contributed by atoms with Crippen molar-refractivity contribution in [1.82, 2.24) is 9.97 Å². The maximum absolute atomic E-state index is 6.86. The van der Waals surface area contributed by atoms with E-state index in [1.165, 1.54) is 0 Å². The molecule has 0 radical (unpaired) electrons. The van der Waals surface area contributed by atoms with Gasteiger partial charge in [-0.3, -0.25) is 0 Å². The van der Waals surface area contributed by atoms with Crippen molar-refractivity contribution in [2.75, 3.05) is 5.73 Å². The van der Waals surface area contributed by atoms with Crippen LogP contribution < -0.4 is 5.73 Å². The summed E-state index contributed by atoms with van der Waals surface area (Å²) in [6.07, 6.45) is 4.87. The summed E-state index contributed by atoms with van der Waals surface area (Å²) in [6.45, 7) is 3.67. The van der Waals surface area contributed by atoms with Gasteiger partial charge in [-0.1, -0.05) is 36.3 Å². The predicted molar refractivity (Wildman–Crippen MR) is 153 cm³/mol. The summed E-state index contributed by atoms with van der Waals surface area (Å²) in [7, 11) is 0. The Labute approximate surface area is 217 Å². The molecule has 2 aromatic carbocycles. The maximum Gasteiger partial charge on any atom is 0.0922 e. The number of anilines is 1. The Morgan fingerprint density at radius 3 is 1.89 bits per heavy atom. The van der Waals surface area contributed by atoms with E-state index in [1.807, 2.05) is 55.5 Å². The molecule has 3 N–H and O–H groups in total. The molecular formula is C30H26N6. The van der Waals surface area contributed by atoms with E-state index < -0.39 is 0 Å². The van der Waals surface area contributed by atoms with E-state index in [9.17, 15) is 0 Å². The van der Waals surface area contributed by atoms with Gasteiger partial charge in [-0.05, 0) is 114 Å². The van der Waals surface area contributed by atoms with Crippen LogP contribution in [-0.2, 0) is 0 Å². The third-order valence-electron chi connectivity index (χ3n) is 3.73. The summed E-state index contributed by atoms with van der Waals surface area (Å²) in [5.41, 5.74) is 23.4.